The molecular weight excluding hydrogens is 290 g/mol. The fourth-order valence-corrected chi connectivity index (χ4v) is 2.94. The van der Waals surface area contributed by atoms with Crippen molar-refractivity contribution in [3.8, 4) is 0 Å². The third-order valence-electron chi connectivity index (χ3n) is 3.94. The van der Waals surface area contributed by atoms with Crippen LogP contribution in [0, 0.1) is 0 Å². The van der Waals surface area contributed by atoms with Crippen molar-refractivity contribution < 1.29 is 9.59 Å². The van der Waals surface area contributed by atoms with Gasteiger partial charge in [-0.25, -0.2) is 0 Å². The molecule has 23 heavy (non-hydrogen) atoms. The lowest BCUT2D eigenvalue weighted by molar-refractivity contribution is -0.114. The minimum absolute atomic E-state index is 0.374. The molecule has 0 aliphatic carbocycles. The number of fused-ring (bicyclic) bond motifs is 1. The second-order valence-electron chi connectivity index (χ2n) is 5.33. The van der Waals surface area contributed by atoms with Gasteiger partial charge in [0.2, 0.25) is 0 Å². The summed E-state index contributed by atoms with van der Waals surface area (Å²) in [4.78, 5) is 27.8. The molecule has 0 radical (unpaired) electrons. The monoisotopic (exact) mass is 307 g/mol. The molecule has 2 aromatic heterocycles. The van der Waals surface area contributed by atoms with Gasteiger partial charge in [0.15, 0.2) is 0 Å². The molecule has 0 saturated heterocycles. The average molecular weight is 307 g/mol. The van der Waals surface area contributed by atoms with E-state index in [1.54, 1.807) is 12.4 Å². The van der Waals surface area contributed by atoms with Crippen LogP contribution in [0.5, 0.6) is 0 Å². The Bertz CT molecular complexity index is 882. The Morgan fingerprint density at radius 3 is 2.57 bits per heavy atom. The predicted octanol–water partition coefficient (Wildman–Crippen LogP) is 2.32. The first-order valence-electron chi connectivity index (χ1n) is 7.46. The number of primary amides is 1. The van der Waals surface area contributed by atoms with Crippen molar-refractivity contribution in [2.75, 3.05) is 0 Å². The molecule has 1 amide bonds. The van der Waals surface area contributed by atoms with Gasteiger partial charge in [0, 0.05) is 30.0 Å². The van der Waals surface area contributed by atoms with Crippen molar-refractivity contribution in [2.45, 2.75) is 19.9 Å². The quantitative estimate of drug-likeness (QED) is 0.580. The van der Waals surface area contributed by atoms with Crippen LogP contribution in [0.4, 0.5) is 0 Å². The summed E-state index contributed by atoms with van der Waals surface area (Å²) in [5.74, 6) is -1.60. The van der Waals surface area contributed by atoms with Crippen molar-refractivity contribution >= 4 is 22.6 Å². The number of hydrogen-bond acceptors (Lipinski definition) is 3. The summed E-state index contributed by atoms with van der Waals surface area (Å²) in [5.41, 5.74) is 8.41. The summed E-state index contributed by atoms with van der Waals surface area (Å²) in [6, 6.07) is 11.8. The lowest BCUT2D eigenvalue weighted by atomic mass is 10.1. The number of carbonyl (C=O) groups is 2. The number of pyridine rings is 1. The van der Waals surface area contributed by atoms with Crippen LogP contribution < -0.4 is 5.73 Å². The Balaban J connectivity index is 2.25. The third-order valence-corrected chi connectivity index (χ3v) is 3.94. The molecule has 2 N–H and O–H groups in total. The zero-order valence-corrected chi connectivity index (χ0v) is 12.8. The lowest BCUT2D eigenvalue weighted by Gasteiger charge is -2.10. The van der Waals surface area contributed by atoms with Crippen LogP contribution in [0.1, 0.15) is 28.5 Å². The molecule has 0 fully saturated rings. The largest absolute Gasteiger partial charge is 0.363 e. The molecular formula is C18H17N3O2. The minimum atomic E-state index is -0.942. The van der Waals surface area contributed by atoms with Gasteiger partial charge in [-0.2, -0.15) is 0 Å². The molecule has 0 atom stereocenters. The van der Waals surface area contributed by atoms with E-state index in [0.29, 0.717) is 23.9 Å². The fourth-order valence-electron chi connectivity index (χ4n) is 2.94. The first kappa shape index (κ1) is 15.0. The van der Waals surface area contributed by atoms with Gasteiger partial charge in [-0.15, -0.1) is 0 Å². The Labute approximate surface area is 133 Å². The highest BCUT2D eigenvalue weighted by atomic mass is 16.2. The van der Waals surface area contributed by atoms with Crippen LogP contribution in [-0.2, 0) is 17.8 Å². The minimum Gasteiger partial charge on any atom is -0.363 e. The number of aromatic nitrogens is 2. The Morgan fingerprint density at radius 1 is 1.17 bits per heavy atom. The molecule has 3 rings (SSSR count). The number of amides is 1. The van der Waals surface area contributed by atoms with Crippen LogP contribution in [0.2, 0.25) is 0 Å². The molecule has 0 bridgehead atoms. The number of nitrogens with zero attached hydrogens (tertiary/aromatic N) is 2. The Morgan fingerprint density at radius 2 is 1.91 bits per heavy atom. The van der Waals surface area contributed by atoms with E-state index < -0.39 is 11.7 Å². The van der Waals surface area contributed by atoms with Crippen molar-refractivity contribution in [3.05, 3.63) is 65.6 Å². The predicted molar refractivity (Wildman–Crippen MR) is 88.2 cm³/mol. The van der Waals surface area contributed by atoms with Gasteiger partial charge >= 0.3 is 0 Å². The Hall–Kier alpha value is -2.95. The van der Waals surface area contributed by atoms with Crippen LogP contribution >= 0.6 is 0 Å². The second kappa shape index (κ2) is 6.04. The molecule has 3 aromatic rings. The van der Waals surface area contributed by atoms with E-state index >= 15 is 0 Å². The molecule has 5 nitrogen and oxygen atoms in total. The lowest BCUT2D eigenvalue weighted by Crippen LogP contribution is -2.24. The summed E-state index contributed by atoms with van der Waals surface area (Å²) in [5, 5.41) is 0.670. The van der Waals surface area contributed by atoms with E-state index in [1.165, 1.54) is 0 Å². The topological polar surface area (TPSA) is 78.0 Å². The number of benzene rings is 1. The van der Waals surface area contributed by atoms with Gasteiger partial charge in [-0.05, 0) is 18.1 Å². The number of ketones is 1. The molecule has 2 heterocycles. The van der Waals surface area contributed by atoms with Gasteiger partial charge in [0.25, 0.3) is 11.7 Å². The highest BCUT2D eigenvalue weighted by molar-refractivity contribution is 6.44. The highest BCUT2D eigenvalue weighted by Gasteiger charge is 2.24. The number of rotatable bonds is 5. The number of carbonyl (C=O) groups excluding carboxylic acids is 2. The highest BCUT2D eigenvalue weighted by Crippen LogP contribution is 2.27. The molecule has 5 heteroatoms. The summed E-state index contributed by atoms with van der Waals surface area (Å²) >= 11 is 0. The van der Waals surface area contributed by atoms with Gasteiger partial charge in [-0.1, -0.05) is 37.3 Å². The molecule has 0 aliphatic heterocycles. The molecule has 1 aromatic carbocycles. The van der Waals surface area contributed by atoms with Gasteiger partial charge in [0.05, 0.1) is 11.1 Å². The van der Waals surface area contributed by atoms with Crippen molar-refractivity contribution in [1.82, 2.24) is 9.55 Å². The van der Waals surface area contributed by atoms with E-state index in [-0.39, 0.29) is 0 Å². The smallest absolute Gasteiger partial charge is 0.289 e. The van der Waals surface area contributed by atoms with E-state index in [0.717, 1.165) is 16.8 Å². The first-order chi connectivity index (χ1) is 11.1. The summed E-state index contributed by atoms with van der Waals surface area (Å²) in [6.45, 7) is 2.58. The maximum Gasteiger partial charge on any atom is 0.289 e. The van der Waals surface area contributed by atoms with Crippen molar-refractivity contribution in [3.63, 3.8) is 0 Å². The summed E-state index contributed by atoms with van der Waals surface area (Å²) in [7, 11) is 0. The number of hydrogen-bond donors (Lipinski definition) is 1. The normalized spacial score (nSPS) is 10.8. The number of Topliss-reactive ketones (excluding diaryl/α,β-unsaturated/α-hetero) is 1. The van der Waals surface area contributed by atoms with Crippen LogP contribution in [-0.4, -0.2) is 21.2 Å². The van der Waals surface area contributed by atoms with E-state index in [4.69, 9.17) is 5.73 Å². The zero-order valence-electron chi connectivity index (χ0n) is 12.8. The first-order valence-corrected chi connectivity index (χ1v) is 7.46. The van der Waals surface area contributed by atoms with E-state index in [1.807, 2.05) is 43.3 Å². The maximum absolute atomic E-state index is 12.3. The van der Waals surface area contributed by atoms with E-state index in [2.05, 4.69) is 9.55 Å². The fraction of sp³-hybridized carbons (Fsp3) is 0.167. The second-order valence-corrected chi connectivity index (χ2v) is 5.33. The third kappa shape index (κ3) is 2.61. The van der Waals surface area contributed by atoms with Crippen LogP contribution in [0.25, 0.3) is 10.9 Å². The average Bonchev–Trinajstić information content (AvgIpc) is 2.88. The Kier molecular flexibility index (Phi) is 3.93. The van der Waals surface area contributed by atoms with Crippen LogP contribution in [0.3, 0.4) is 0 Å². The standard InChI is InChI=1S/C18H17N3O2/c1-2-14-16(17(22)18(19)23)13-10-20-9-8-15(13)21(14)11-12-6-4-3-5-7-12/h3-10H,2,11H2,1H3,(H2,19,23). The molecule has 0 spiro atoms. The van der Waals surface area contributed by atoms with Gasteiger partial charge in [0.1, 0.15) is 0 Å². The van der Waals surface area contributed by atoms with Crippen LogP contribution in [0.15, 0.2) is 48.8 Å². The molecule has 116 valence electrons. The number of nitrogens with two attached hydrogens (primary N) is 1. The van der Waals surface area contributed by atoms with Gasteiger partial charge in [-0.3, -0.25) is 14.6 Å². The van der Waals surface area contributed by atoms with E-state index in [9.17, 15) is 9.59 Å². The zero-order chi connectivity index (χ0) is 16.4. The van der Waals surface area contributed by atoms with Crippen molar-refractivity contribution in [1.29, 1.82) is 0 Å². The summed E-state index contributed by atoms with van der Waals surface area (Å²) < 4.78 is 2.06. The molecule has 0 aliphatic rings. The maximum atomic E-state index is 12.3. The molecule has 0 saturated carbocycles. The van der Waals surface area contributed by atoms with Gasteiger partial charge < -0.3 is 10.3 Å². The summed E-state index contributed by atoms with van der Waals surface area (Å²) in [6.07, 6.45) is 3.92. The molecule has 0 unspecified atom stereocenters. The SMILES string of the molecule is CCc1c(C(=O)C(N)=O)c2cnccc2n1Cc1ccccc1. The van der Waals surface area contributed by atoms with Crippen molar-refractivity contribution in [2.24, 2.45) is 5.73 Å².